The van der Waals surface area contributed by atoms with Gasteiger partial charge in [0.15, 0.2) is 0 Å². The lowest BCUT2D eigenvalue weighted by atomic mass is 9.98. The smallest absolute Gasteiger partial charge is 0.336 e. The van der Waals surface area contributed by atoms with Crippen LogP contribution in [0.25, 0.3) is 0 Å². The summed E-state index contributed by atoms with van der Waals surface area (Å²) >= 11 is 0. The first-order chi connectivity index (χ1) is 10.7. The molecule has 7 heteroatoms. The number of amides is 1. The fraction of sp³-hybridized carbons (Fsp3) is 0.562. The standard InChI is InChI=1S/C16H18F4N2O/c1-10-8-21-13(11-2-4-12(17)5-3-11)9-22(10)14(23)15(6-7-15)16(18,19)20/h2-5,10,13,21H,6-9H2,1H3/t10-,13-/m0/s1. The predicted octanol–water partition coefficient (Wildman–Crippen LogP) is 3.03. The van der Waals surface area contributed by atoms with Crippen molar-refractivity contribution in [2.75, 3.05) is 13.1 Å². The second kappa shape index (κ2) is 5.47. The minimum atomic E-state index is -4.50. The highest BCUT2D eigenvalue weighted by molar-refractivity contribution is 5.86. The molecule has 3 nitrogen and oxygen atoms in total. The number of nitrogens with zero attached hydrogens (tertiary/aromatic N) is 1. The molecule has 0 unspecified atom stereocenters. The summed E-state index contributed by atoms with van der Waals surface area (Å²) in [5.74, 6) is -1.20. The number of alkyl halides is 3. The molecule has 0 aromatic heterocycles. The van der Waals surface area contributed by atoms with E-state index in [2.05, 4.69) is 5.32 Å². The number of halogens is 4. The SMILES string of the molecule is C[C@H]1CN[C@H](c2ccc(F)cc2)CN1C(=O)C1(C(F)(F)F)CC1. The summed E-state index contributed by atoms with van der Waals surface area (Å²) in [5, 5.41) is 3.20. The van der Waals surface area contributed by atoms with E-state index < -0.39 is 17.5 Å². The van der Waals surface area contributed by atoms with Gasteiger partial charge in [0.25, 0.3) is 0 Å². The van der Waals surface area contributed by atoms with Gasteiger partial charge in [-0.25, -0.2) is 4.39 Å². The third-order valence-electron chi connectivity index (χ3n) is 4.81. The lowest BCUT2D eigenvalue weighted by molar-refractivity contribution is -0.200. The fourth-order valence-corrected chi connectivity index (χ4v) is 3.08. The van der Waals surface area contributed by atoms with Crippen LogP contribution in [-0.4, -0.2) is 36.1 Å². The highest BCUT2D eigenvalue weighted by Crippen LogP contribution is 2.59. The molecule has 0 spiro atoms. The first-order valence-corrected chi connectivity index (χ1v) is 7.61. The lowest BCUT2D eigenvalue weighted by Gasteiger charge is -2.41. The van der Waals surface area contributed by atoms with Gasteiger partial charge in [0.05, 0.1) is 0 Å². The van der Waals surface area contributed by atoms with Crippen LogP contribution in [0.1, 0.15) is 31.4 Å². The second-order valence-electron chi connectivity index (χ2n) is 6.40. The Morgan fingerprint density at radius 1 is 1.26 bits per heavy atom. The quantitative estimate of drug-likeness (QED) is 0.846. The Kier molecular flexibility index (Phi) is 3.86. The Bertz CT molecular complexity index is 595. The first kappa shape index (κ1) is 16.2. The van der Waals surface area contributed by atoms with Crippen molar-refractivity contribution < 1.29 is 22.4 Å². The molecule has 23 heavy (non-hydrogen) atoms. The molecule has 1 aromatic rings. The van der Waals surface area contributed by atoms with Crippen molar-refractivity contribution in [2.24, 2.45) is 5.41 Å². The van der Waals surface area contributed by atoms with E-state index in [1.54, 1.807) is 19.1 Å². The molecule has 0 radical (unpaired) electrons. The maximum Gasteiger partial charge on any atom is 0.403 e. The number of carbonyl (C=O) groups excluding carboxylic acids is 1. The van der Waals surface area contributed by atoms with Gasteiger partial charge in [-0.3, -0.25) is 4.79 Å². The number of piperazine rings is 1. The van der Waals surface area contributed by atoms with Crippen molar-refractivity contribution in [1.29, 1.82) is 0 Å². The third kappa shape index (κ3) is 2.82. The molecule has 2 fully saturated rings. The van der Waals surface area contributed by atoms with Gasteiger partial charge in [0, 0.05) is 25.2 Å². The Hall–Kier alpha value is -1.63. The first-order valence-electron chi connectivity index (χ1n) is 7.61. The molecular weight excluding hydrogens is 312 g/mol. The average Bonchev–Trinajstić information content (AvgIpc) is 3.29. The molecule has 1 N–H and O–H groups in total. The summed E-state index contributed by atoms with van der Waals surface area (Å²) in [5.41, 5.74) is -1.43. The molecule has 1 aliphatic carbocycles. The molecular formula is C16H18F4N2O. The van der Waals surface area contributed by atoms with Crippen molar-refractivity contribution in [3.05, 3.63) is 35.6 Å². The van der Waals surface area contributed by atoms with E-state index in [1.807, 2.05) is 0 Å². The molecule has 1 aliphatic heterocycles. The summed E-state index contributed by atoms with van der Waals surface area (Å²) in [6, 6.07) is 5.18. The van der Waals surface area contributed by atoms with Crippen molar-refractivity contribution >= 4 is 5.91 Å². The van der Waals surface area contributed by atoms with Crippen molar-refractivity contribution in [2.45, 2.75) is 38.0 Å². The molecule has 126 valence electrons. The average molecular weight is 330 g/mol. The molecule has 2 atom stereocenters. The van der Waals surface area contributed by atoms with Crippen LogP contribution >= 0.6 is 0 Å². The molecule has 1 heterocycles. The van der Waals surface area contributed by atoms with E-state index in [4.69, 9.17) is 0 Å². The van der Waals surface area contributed by atoms with Gasteiger partial charge in [-0.1, -0.05) is 12.1 Å². The van der Waals surface area contributed by atoms with Crippen LogP contribution in [0.5, 0.6) is 0 Å². The van der Waals surface area contributed by atoms with Gasteiger partial charge >= 0.3 is 6.18 Å². The van der Waals surface area contributed by atoms with E-state index in [0.717, 1.165) is 5.56 Å². The fourth-order valence-electron chi connectivity index (χ4n) is 3.08. The van der Waals surface area contributed by atoms with E-state index in [-0.39, 0.29) is 37.3 Å². The van der Waals surface area contributed by atoms with Crippen LogP contribution in [0.2, 0.25) is 0 Å². The molecule has 1 saturated carbocycles. The zero-order chi connectivity index (χ0) is 16.8. The van der Waals surface area contributed by atoms with Gasteiger partial charge in [-0.05, 0) is 37.5 Å². The van der Waals surface area contributed by atoms with Gasteiger partial charge < -0.3 is 10.2 Å². The van der Waals surface area contributed by atoms with Gasteiger partial charge in [-0.15, -0.1) is 0 Å². The Labute approximate surface area is 131 Å². The maximum absolute atomic E-state index is 13.2. The van der Waals surface area contributed by atoms with Gasteiger partial charge in [-0.2, -0.15) is 13.2 Å². The monoisotopic (exact) mass is 330 g/mol. The number of nitrogens with one attached hydrogen (secondary N) is 1. The van der Waals surface area contributed by atoms with Crippen LogP contribution in [0.15, 0.2) is 24.3 Å². The molecule has 2 aliphatic rings. The highest BCUT2D eigenvalue weighted by atomic mass is 19.4. The molecule has 1 aromatic carbocycles. The van der Waals surface area contributed by atoms with Crippen LogP contribution in [0.3, 0.4) is 0 Å². The summed E-state index contributed by atoms with van der Waals surface area (Å²) in [4.78, 5) is 13.8. The maximum atomic E-state index is 13.2. The molecule has 1 amide bonds. The zero-order valence-corrected chi connectivity index (χ0v) is 12.7. The number of hydrogen-bond donors (Lipinski definition) is 1. The van der Waals surface area contributed by atoms with Crippen molar-refractivity contribution in [3.8, 4) is 0 Å². The second-order valence-corrected chi connectivity index (χ2v) is 6.40. The Morgan fingerprint density at radius 3 is 2.39 bits per heavy atom. The number of carbonyl (C=O) groups is 1. The summed E-state index contributed by atoms with van der Waals surface area (Å²) in [6.45, 7) is 2.30. The van der Waals surface area contributed by atoms with Crippen LogP contribution in [-0.2, 0) is 4.79 Å². The van der Waals surface area contributed by atoms with Gasteiger partial charge in [0.1, 0.15) is 11.2 Å². The highest BCUT2D eigenvalue weighted by Gasteiger charge is 2.69. The summed E-state index contributed by atoms with van der Waals surface area (Å²) < 4.78 is 52.6. The largest absolute Gasteiger partial charge is 0.403 e. The number of hydrogen-bond acceptors (Lipinski definition) is 2. The van der Waals surface area contributed by atoms with E-state index in [0.29, 0.717) is 6.54 Å². The van der Waals surface area contributed by atoms with E-state index in [9.17, 15) is 22.4 Å². The Morgan fingerprint density at radius 2 is 1.87 bits per heavy atom. The minimum absolute atomic E-state index is 0.132. The van der Waals surface area contributed by atoms with E-state index >= 15 is 0 Å². The van der Waals surface area contributed by atoms with Crippen LogP contribution in [0.4, 0.5) is 17.6 Å². The molecule has 1 saturated heterocycles. The normalized spacial score (nSPS) is 26.9. The Balaban J connectivity index is 1.79. The predicted molar refractivity (Wildman–Crippen MR) is 76.0 cm³/mol. The van der Waals surface area contributed by atoms with Gasteiger partial charge in [0.2, 0.25) is 5.91 Å². The molecule has 3 rings (SSSR count). The number of rotatable bonds is 2. The minimum Gasteiger partial charge on any atom is -0.336 e. The zero-order valence-electron chi connectivity index (χ0n) is 12.7. The third-order valence-corrected chi connectivity index (χ3v) is 4.81. The van der Waals surface area contributed by atoms with Crippen molar-refractivity contribution in [1.82, 2.24) is 10.2 Å². The van der Waals surface area contributed by atoms with Crippen molar-refractivity contribution in [3.63, 3.8) is 0 Å². The van der Waals surface area contributed by atoms with E-state index in [1.165, 1.54) is 17.0 Å². The summed E-state index contributed by atoms with van der Waals surface area (Å²) in [7, 11) is 0. The summed E-state index contributed by atoms with van der Waals surface area (Å²) in [6.07, 6.45) is -4.76. The lowest BCUT2D eigenvalue weighted by Crippen LogP contribution is -2.57. The number of benzene rings is 1. The van der Waals surface area contributed by atoms with Crippen LogP contribution in [0, 0.1) is 11.2 Å². The van der Waals surface area contributed by atoms with Crippen LogP contribution < -0.4 is 5.32 Å². The molecule has 0 bridgehead atoms. The topological polar surface area (TPSA) is 32.3 Å².